The average Bonchev–Trinajstić information content (AvgIpc) is 2.41. The number of nitrogens with one attached hydrogen (secondary N) is 1. The van der Waals surface area contributed by atoms with E-state index in [9.17, 15) is 8.42 Å². The maximum atomic E-state index is 12.2. The lowest BCUT2D eigenvalue weighted by Crippen LogP contribution is -2.14. The maximum Gasteiger partial charge on any atom is 0.263 e. The van der Waals surface area contributed by atoms with Gasteiger partial charge < -0.3 is 5.73 Å². The Bertz CT molecular complexity index is 689. The van der Waals surface area contributed by atoms with E-state index in [0.717, 1.165) is 5.56 Å². The number of benzene rings is 1. The molecule has 19 heavy (non-hydrogen) atoms. The van der Waals surface area contributed by atoms with Gasteiger partial charge in [0.05, 0.1) is 9.92 Å². The van der Waals surface area contributed by atoms with Crippen LogP contribution in [0.25, 0.3) is 0 Å². The molecule has 0 radical (unpaired) electrons. The van der Waals surface area contributed by atoms with Gasteiger partial charge in [0.2, 0.25) is 0 Å². The Labute approximate surface area is 116 Å². The van der Waals surface area contributed by atoms with Crippen molar-refractivity contribution < 1.29 is 8.42 Å². The zero-order chi connectivity index (χ0) is 13.9. The highest BCUT2D eigenvalue weighted by atomic mass is 35.5. The smallest absolute Gasteiger partial charge is 0.263 e. The quantitative estimate of drug-likeness (QED) is 0.904. The number of anilines is 1. The van der Waals surface area contributed by atoms with Crippen molar-refractivity contribution in [2.24, 2.45) is 5.73 Å². The van der Waals surface area contributed by atoms with Crippen LogP contribution in [0.2, 0.25) is 5.02 Å². The number of pyridine rings is 1. The van der Waals surface area contributed by atoms with Crippen LogP contribution in [0.1, 0.15) is 5.56 Å². The molecule has 0 atom stereocenters. The van der Waals surface area contributed by atoms with E-state index < -0.39 is 10.0 Å². The number of rotatable bonds is 4. The van der Waals surface area contributed by atoms with Crippen molar-refractivity contribution in [3.63, 3.8) is 0 Å². The summed E-state index contributed by atoms with van der Waals surface area (Å²) >= 11 is 5.87. The van der Waals surface area contributed by atoms with Gasteiger partial charge >= 0.3 is 0 Å². The van der Waals surface area contributed by atoms with Crippen molar-refractivity contribution in [3.05, 3.63) is 53.2 Å². The first kappa shape index (κ1) is 13.8. The van der Waals surface area contributed by atoms with Crippen molar-refractivity contribution in [2.75, 3.05) is 4.72 Å². The van der Waals surface area contributed by atoms with Crippen LogP contribution in [0.4, 0.5) is 5.82 Å². The first-order valence-corrected chi connectivity index (χ1v) is 7.31. The molecule has 0 aliphatic carbocycles. The van der Waals surface area contributed by atoms with Gasteiger partial charge in [0.15, 0.2) is 5.82 Å². The van der Waals surface area contributed by atoms with Crippen LogP contribution in [-0.2, 0) is 16.6 Å². The Morgan fingerprint density at radius 3 is 2.74 bits per heavy atom. The Morgan fingerprint density at radius 2 is 2.05 bits per heavy atom. The van der Waals surface area contributed by atoms with E-state index in [1.807, 2.05) is 0 Å². The summed E-state index contributed by atoms with van der Waals surface area (Å²) in [6, 6.07) is 9.57. The third kappa shape index (κ3) is 3.23. The fraction of sp³-hybridized carbons (Fsp3) is 0.0833. The highest BCUT2D eigenvalue weighted by molar-refractivity contribution is 7.92. The lowest BCUT2D eigenvalue weighted by Gasteiger charge is -2.09. The van der Waals surface area contributed by atoms with Crippen LogP contribution in [0.15, 0.2) is 47.5 Å². The molecule has 1 heterocycles. The van der Waals surface area contributed by atoms with Gasteiger partial charge in [-0.05, 0) is 29.8 Å². The molecule has 2 aromatic rings. The van der Waals surface area contributed by atoms with E-state index in [2.05, 4.69) is 9.71 Å². The number of sulfonamides is 1. The predicted molar refractivity (Wildman–Crippen MR) is 74.4 cm³/mol. The standard InChI is InChI=1S/C12H12ClN3O2S/c13-11-5-2-6-15-12(11)16-19(17,18)10-4-1-3-9(7-10)8-14/h1-7H,8,14H2,(H,15,16). The average molecular weight is 298 g/mol. The second kappa shape index (κ2) is 5.56. The van der Waals surface area contributed by atoms with Gasteiger partial charge in [0.25, 0.3) is 10.0 Å². The number of halogens is 1. The number of hydrogen-bond donors (Lipinski definition) is 2. The van der Waals surface area contributed by atoms with E-state index in [1.165, 1.54) is 18.3 Å². The maximum absolute atomic E-state index is 12.2. The van der Waals surface area contributed by atoms with Gasteiger partial charge in [-0.2, -0.15) is 0 Å². The molecule has 1 aromatic heterocycles. The fourth-order valence-electron chi connectivity index (χ4n) is 1.49. The van der Waals surface area contributed by atoms with Crippen LogP contribution in [0.5, 0.6) is 0 Å². The highest BCUT2D eigenvalue weighted by Gasteiger charge is 2.16. The number of nitrogens with two attached hydrogens (primary N) is 1. The summed E-state index contributed by atoms with van der Waals surface area (Å²) in [5.41, 5.74) is 6.22. The van der Waals surface area contributed by atoms with Crippen molar-refractivity contribution in [2.45, 2.75) is 11.4 Å². The van der Waals surface area contributed by atoms with Gasteiger partial charge in [-0.3, -0.25) is 4.72 Å². The minimum absolute atomic E-state index is 0.0994. The molecule has 2 rings (SSSR count). The molecule has 0 unspecified atom stereocenters. The van der Waals surface area contributed by atoms with Crippen molar-refractivity contribution in [3.8, 4) is 0 Å². The minimum atomic E-state index is -3.72. The van der Waals surface area contributed by atoms with E-state index >= 15 is 0 Å². The molecule has 1 aromatic carbocycles. The van der Waals surface area contributed by atoms with Gasteiger partial charge in [0, 0.05) is 12.7 Å². The molecule has 0 saturated heterocycles. The van der Waals surface area contributed by atoms with Crippen LogP contribution < -0.4 is 10.5 Å². The van der Waals surface area contributed by atoms with Crippen LogP contribution in [0.3, 0.4) is 0 Å². The topological polar surface area (TPSA) is 85.1 Å². The Kier molecular flexibility index (Phi) is 4.04. The van der Waals surface area contributed by atoms with Gasteiger partial charge in [-0.15, -0.1) is 0 Å². The summed E-state index contributed by atoms with van der Waals surface area (Å²) in [6.07, 6.45) is 1.46. The Balaban J connectivity index is 2.35. The summed E-state index contributed by atoms with van der Waals surface area (Å²) < 4.78 is 26.7. The van der Waals surface area contributed by atoms with Crippen LogP contribution >= 0.6 is 11.6 Å². The molecule has 0 amide bonds. The first-order chi connectivity index (χ1) is 9.03. The van der Waals surface area contributed by atoms with E-state index in [-0.39, 0.29) is 22.3 Å². The summed E-state index contributed by atoms with van der Waals surface area (Å²) in [5.74, 6) is 0.0994. The lowest BCUT2D eigenvalue weighted by atomic mass is 10.2. The van der Waals surface area contributed by atoms with Crippen LogP contribution in [0, 0.1) is 0 Å². The van der Waals surface area contributed by atoms with E-state index in [0.29, 0.717) is 0 Å². The van der Waals surface area contributed by atoms with Crippen LogP contribution in [-0.4, -0.2) is 13.4 Å². The van der Waals surface area contributed by atoms with Gasteiger partial charge in [-0.1, -0.05) is 23.7 Å². The van der Waals surface area contributed by atoms with Crippen molar-refractivity contribution >= 4 is 27.4 Å². The number of nitrogens with zero attached hydrogens (tertiary/aromatic N) is 1. The molecule has 0 saturated carbocycles. The molecule has 0 spiro atoms. The van der Waals surface area contributed by atoms with E-state index in [1.54, 1.807) is 24.3 Å². The summed E-state index contributed by atoms with van der Waals surface area (Å²) in [7, 11) is -3.72. The summed E-state index contributed by atoms with van der Waals surface area (Å²) in [4.78, 5) is 4.01. The minimum Gasteiger partial charge on any atom is -0.326 e. The number of aromatic nitrogens is 1. The lowest BCUT2D eigenvalue weighted by molar-refractivity contribution is 0.601. The third-order valence-electron chi connectivity index (χ3n) is 2.43. The highest BCUT2D eigenvalue weighted by Crippen LogP contribution is 2.21. The molecular formula is C12H12ClN3O2S. The van der Waals surface area contributed by atoms with Gasteiger partial charge in [0.1, 0.15) is 0 Å². The second-order valence-corrected chi connectivity index (χ2v) is 5.88. The molecule has 0 aliphatic rings. The molecule has 100 valence electrons. The predicted octanol–water partition coefficient (Wildman–Crippen LogP) is 1.99. The zero-order valence-electron chi connectivity index (χ0n) is 9.88. The molecule has 3 N–H and O–H groups in total. The van der Waals surface area contributed by atoms with Crippen molar-refractivity contribution in [1.82, 2.24) is 4.98 Å². The summed E-state index contributed by atoms with van der Waals surface area (Å²) in [5, 5.41) is 0.237. The number of hydrogen-bond acceptors (Lipinski definition) is 4. The molecule has 7 heteroatoms. The normalized spacial score (nSPS) is 11.3. The third-order valence-corrected chi connectivity index (χ3v) is 4.08. The Morgan fingerprint density at radius 1 is 1.26 bits per heavy atom. The first-order valence-electron chi connectivity index (χ1n) is 5.45. The Hall–Kier alpha value is -1.63. The fourth-order valence-corrected chi connectivity index (χ4v) is 2.81. The van der Waals surface area contributed by atoms with Gasteiger partial charge in [-0.25, -0.2) is 13.4 Å². The summed E-state index contributed by atoms with van der Waals surface area (Å²) in [6.45, 7) is 0.272. The molecular weight excluding hydrogens is 286 g/mol. The zero-order valence-corrected chi connectivity index (χ0v) is 11.4. The monoisotopic (exact) mass is 297 g/mol. The molecule has 5 nitrogen and oxygen atoms in total. The molecule has 0 aliphatic heterocycles. The SMILES string of the molecule is NCc1cccc(S(=O)(=O)Nc2ncccc2Cl)c1. The molecule has 0 bridgehead atoms. The largest absolute Gasteiger partial charge is 0.326 e. The van der Waals surface area contributed by atoms with E-state index in [4.69, 9.17) is 17.3 Å². The second-order valence-electron chi connectivity index (χ2n) is 3.79. The van der Waals surface area contributed by atoms with Crippen molar-refractivity contribution in [1.29, 1.82) is 0 Å². The molecule has 0 fully saturated rings.